The highest BCUT2D eigenvalue weighted by molar-refractivity contribution is 7.10. The first-order valence-corrected chi connectivity index (χ1v) is 12.5. The van der Waals surface area contributed by atoms with Crippen LogP contribution >= 0.6 is 11.3 Å². The predicted molar refractivity (Wildman–Crippen MR) is 124 cm³/mol. The third-order valence-corrected chi connectivity index (χ3v) is 8.98. The normalized spacial score (nSPS) is 28.9. The molecular weight excluding hydrogens is 424 g/mol. The van der Waals surface area contributed by atoms with Gasteiger partial charge < -0.3 is 5.11 Å². The number of hydrogen-bond acceptors (Lipinski definition) is 4. The summed E-state index contributed by atoms with van der Waals surface area (Å²) in [5.41, 5.74) is 9.34. The van der Waals surface area contributed by atoms with Crippen LogP contribution in [0.15, 0.2) is 16.5 Å². The number of hydrazine groups is 1. The number of hydrogen-bond donors (Lipinski definition) is 3. The number of allylic oxidation sites excluding steroid dienone is 2. The van der Waals surface area contributed by atoms with E-state index in [2.05, 4.69) is 31.6 Å². The fraction of sp³-hybridized carbons (Fsp3) is 0.640. The van der Waals surface area contributed by atoms with Crippen molar-refractivity contribution in [1.82, 2.24) is 10.9 Å². The molecule has 174 valence electrons. The van der Waals surface area contributed by atoms with Crippen LogP contribution in [0, 0.1) is 35.0 Å². The summed E-state index contributed by atoms with van der Waals surface area (Å²) in [6, 6.07) is 0. The molecule has 2 bridgehead atoms. The molecule has 0 aliphatic heterocycles. The molecule has 6 nitrogen and oxygen atoms in total. The van der Waals surface area contributed by atoms with Crippen molar-refractivity contribution in [3.05, 3.63) is 32.5 Å². The van der Waals surface area contributed by atoms with Gasteiger partial charge in [0, 0.05) is 10.3 Å². The van der Waals surface area contributed by atoms with Crippen LogP contribution in [0.3, 0.4) is 0 Å². The highest BCUT2D eigenvalue weighted by atomic mass is 32.1. The number of carboxylic acid groups (broad SMARTS) is 1. The molecule has 3 aliphatic rings. The Balaban J connectivity index is 1.44. The minimum absolute atomic E-state index is 0.0498. The van der Waals surface area contributed by atoms with Crippen molar-refractivity contribution in [2.75, 3.05) is 0 Å². The van der Waals surface area contributed by atoms with E-state index in [9.17, 15) is 19.5 Å². The molecule has 2 amide bonds. The van der Waals surface area contributed by atoms with E-state index in [0.717, 1.165) is 48.8 Å². The molecule has 5 atom stereocenters. The molecule has 0 aromatic carbocycles. The molecule has 0 saturated heterocycles. The number of rotatable bonds is 3. The van der Waals surface area contributed by atoms with E-state index in [1.54, 1.807) is 11.3 Å². The molecule has 0 unspecified atom stereocenters. The summed E-state index contributed by atoms with van der Waals surface area (Å²) in [5.74, 6) is -2.53. The fourth-order valence-corrected chi connectivity index (χ4v) is 7.48. The van der Waals surface area contributed by atoms with Crippen molar-refractivity contribution in [2.45, 2.75) is 66.7 Å². The predicted octanol–water partition coefficient (Wildman–Crippen LogP) is 4.35. The zero-order valence-electron chi connectivity index (χ0n) is 19.6. The molecule has 0 spiro atoms. The molecule has 2 saturated carbocycles. The van der Waals surface area contributed by atoms with E-state index in [4.69, 9.17) is 0 Å². The van der Waals surface area contributed by atoms with Crippen LogP contribution in [0.4, 0.5) is 0 Å². The van der Waals surface area contributed by atoms with E-state index in [1.165, 1.54) is 4.88 Å². The van der Waals surface area contributed by atoms with Crippen LogP contribution in [0.2, 0.25) is 0 Å². The number of carboxylic acids is 1. The lowest BCUT2D eigenvalue weighted by molar-refractivity contribution is -0.149. The van der Waals surface area contributed by atoms with Gasteiger partial charge in [-0.1, -0.05) is 31.9 Å². The number of carbonyl (C=O) groups is 3. The van der Waals surface area contributed by atoms with Gasteiger partial charge in [0.25, 0.3) is 5.91 Å². The van der Waals surface area contributed by atoms with E-state index in [1.807, 2.05) is 19.2 Å². The molecule has 4 rings (SSSR count). The van der Waals surface area contributed by atoms with Crippen LogP contribution in [-0.4, -0.2) is 22.9 Å². The zero-order chi connectivity index (χ0) is 23.4. The average Bonchev–Trinajstić information content (AvgIpc) is 3.41. The smallest absolute Gasteiger partial charge is 0.307 e. The number of carbonyl (C=O) groups excluding carboxylic acids is 2. The second-order valence-electron chi connectivity index (χ2n) is 10.9. The first-order chi connectivity index (χ1) is 15.0. The van der Waals surface area contributed by atoms with Crippen LogP contribution in [0.25, 0.3) is 0 Å². The number of aliphatic carboxylic acids is 1. The van der Waals surface area contributed by atoms with Gasteiger partial charge in [-0.2, -0.15) is 0 Å². The Morgan fingerprint density at radius 3 is 2.28 bits per heavy atom. The van der Waals surface area contributed by atoms with Gasteiger partial charge in [-0.3, -0.25) is 25.2 Å². The second-order valence-corrected chi connectivity index (χ2v) is 11.9. The Morgan fingerprint density at radius 2 is 1.69 bits per heavy atom. The summed E-state index contributed by atoms with van der Waals surface area (Å²) < 4.78 is 0. The lowest BCUT2D eigenvalue weighted by atomic mass is 9.72. The van der Waals surface area contributed by atoms with Crippen LogP contribution < -0.4 is 10.9 Å². The first kappa shape index (κ1) is 23.0. The van der Waals surface area contributed by atoms with Crippen molar-refractivity contribution < 1.29 is 19.5 Å². The molecule has 0 radical (unpaired) electrons. The minimum Gasteiger partial charge on any atom is -0.481 e. The molecular formula is C25H34N2O4S. The van der Waals surface area contributed by atoms with Crippen molar-refractivity contribution in [3.63, 3.8) is 0 Å². The van der Waals surface area contributed by atoms with Crippen LogP contribution in [0.1, 0.15) is 74.7 Å². The largest absolute Gasteiger partial charge is 0.481 e. The lowest BCUT2D eigenvalue weighted by Gasteiger charge is -2.34. The van der Waals surface area contributed by atoms with Gasteiger partial charge in [-0.25, -0.2) is 0 Å². The standard InChI is InChI=1S/C25H34N2O4S/c1-12(2)19-15-8-9-16(19)21(24(30)31)20(15)23(29)27-26-22(28)17-11-32-18-10-13(25(3,4)5)6-7-14(17)18/h11,13,15-16,20-21H,6-10H2,1-5H3,(H,26,28)(H,27,29)(H,30,31)/t13-,15-,16-,20+,21-/m1/s1. The summed E-state index contributed by atoms with van der Waals surface area (Å²) >= 11 is 1.62. The second kappa shape index (κ2) is 8.32. The van der Waals surface area contributed by atoms with Gasteiger partial charge in [0.15, 0.2) is 0 Å². The fourth-order valence-electron chi connectivity index (χ4n) is 6.32. The lowest BCUT2D eigenvalue weighted by Crippen LogP contribution is -2.48. The number of nitrogens with one attached hydrogen (secondary N) is 2. The minimum atomic E-state index is -0.928. The van der Waals surface area contributed by atoms with E-state index in [-0.39, 0.29) is 23.2 Å². The van der Waals surface area contributed by atoms with Crippen LogP contribution in [-0.2, 0) is 22.4 Å². The summed E-state index contributed by atoms with van der Waals surface area (Å²) in [5, 5.41) is 11.7. The van der Waals surface area contributed by atoms with Gasteiger partial charge in [-0.05, 0) is 74.7 Å². The van der Waals surface area contributed by atoms with E-state index < -0.39 is 23.7 Å². The Morgan fingerprint density at radius 1 is 1.03 bits per heavy atom. The van der Waals surface area contributed by atoms with Gasteiger partial charge in [0.1, 0.15) is 0 Å². The van der Waals surface area contributed by atoms with E-state index >= 15 is 0 Å². The summed E-state index contributed by atoms with van der Waals surface area (Å²) in [4.78, 5) is 39.1. The van der Waals surface area contributed by atoms with Gasteiger partial charge in [0.2, 0.25) is 5.91 Å². The molecule has 1 aromatic rings. The van der Waals surface area contributed by atoms with Gasteiger partial charge in [-0.15, -0.1) is 11.3 Å². The zero-order valence-corrected chi connectivity index (χ0v) is 20.4. The SMILES string of the molecule is CC(C)=C1[C@H]2CC[C@H]1[C@@H](C(=O)O)[C@H]2C(=O)NNC(=O)c1csc2c1CC[C@@H](C(C)(C)C)C2. The highest BCUT2D eigenvalue weighted by Crippen LogP contribution is 2.57. The van der Waals surface area contributed by atoms with Crippen molar-refractivity contribution in [1.29, 1.82) is 0 Å². The number of thiophene rings is 1. The molecule has 2 fully saturated rings. The first-order valence-electron chi connectivity index (χ1n) is 11.6. The Bertz CT molecular complexity index is 983. The molecule has 1 aromatic heterocycles. The molecule has 3 N–H and O–H groups in total. The third kappa shape index (κ3) is 3.89. The Labute approximate surface area is 193 Å². The quantitative estimate of drug-likeness (QED) is 0.463. The third-order valence-electron chi connectivity index (χ3n) is 7.93. The maximum Gasteiger partial charge on any atom is 0.307 e. The number of amides is 2. The van der Waals surface area contributed by atoms with Crippen LogP contribution in [0.5, 0.6) is 0 Å². The highest BCUT2D eigenvalue weighted by Gasteiger charge is 2.57. The summed E-state index contributed by atoms with van der Waals surface area (Å²) in [6.07, 6.45) is 4.55. The van der Waals surface area contributed by atoms with Crippen molar-refractivity contribution in [3.8, 4) is 0 Å². The van der Waals surface area contributed by atoms with E-state index in [0.29, 0.717) is 11.5 Å². The van der Waals surface area contributed by atoms with Crippen molar-refractivity contribution >= 4 is 29.1 Å². The monoisotopic (exact) mass is 458 g/mol. The van der Waals surface area contributed by atoms with Gasteiger partial charge >= 0.3 is 5.97 Å². The Hall–Kier alpha value is -2.15. The van der Waals surface area contributed by atoms with Gasteiger partial charge in [0.05, 0.1) is 17.4 Å². The van der Waals surface area contributed by atoms with Crippen molar-refractivity contribution in [2.24, 2.45) is 35.0 Å². The maximum absolute atomic E-state index is 13.0. The summed E-state index contributed by atoms with van der Waals surface area (Å²) in [6.45, 7) is 10.8. The molecule has 32 heavy (non-hydrogen) atoms. The Kier molecular flexibility index (Phi) is 5.99. The number of fused-ring (bicyclic) bond motifs is 3. The summed E-state index contributed by atoms with van der Waals surface area (Å²) in [7, 11) is 0. The molecule has 7 heteroatoms. The average molecular weight is 459 g/mol. The molecule has 3 aliphatic carbocycles. The topological polar surface area (TPSA) is 95.5 Å². The molecule has 1 heterocycles. The maximum atomic E-state index is 13.0.